The Hall–Kier alpha value is -1.57. The Bertz CT molecular complexity index is 369. The molecular weight excluding hydrogens is 218 g/mol. The molecule has 0 saturated carbocycles. The van der Waals surface area contributed by atoms with Crippen LogP contribution in [0.25, 0.3) is 0 Å². The highest BCUT2D eigenvalue weighted by Crippen LogP contribution is 2.20. The molecule has 17 heavy (non-hydrogen) atoms. The van der Waals surface area contributed by atoms with Gasteiger partial charge < -0.3 is 14.9 Å². The maximum Gasteiger partial charge on any atom is 0.170 e. The third-order valence-corrected chi connectivity index (χ3v) is 2.42. The normalized spacial score (nSPS) is 13.8. The second-order valence-electron chi connectivity index (χ2n) is 3.79. The molecule has 0 saturated heterocycles. The van der Waals surface area contributed by atoms with Crippen LogP contribution in [-0.2, 0) is 0 Å². The Morgan fingerprint density at radius 3 is 2.47 bits per heavy atom. The van der Waals surface area contributed by atoms with Gasteiger partial charge in [-0.2, -0.15) is 5.26 Å². The minimum absolute atomic E-state index is 0.502. The van der Waals surface area contributed by atoms with Gasteiger partial charge in [-0.1, -0.05) is 25.5 Å². The molecule has 1 aromatic rings. The molecule has 92 valence electrons. The van der Waals surface area contributed by atoms with Gasteiger partial charge in [-0.3, -0.25) is 0 Å². The minimum atomic E-state index is -1.40. The van der Waals surface area contributed by atoms with E-state index in [2.05, 4.69) is 6.92 Å². The molecule has 2 N–H and O–H groups in total. The number of benzene rings is 1. The molecule has 0 spiro atoms. The second kappa shape index (κ2) is 6.89. The Labute approximate surface area is 101 Å². The summed E-state index contributed by atoms with van der Waals surface area (Å²) in [5, 5.41) is 27.2. The molecule has 1 aromatic carbocycles. The molecule has 2 unspecified atom stereocenters. The number of hydrogen-bond acceptors (Lipinski definition) is 4. The van der Waals surface area contributed by atoms with E-state index in [0.29, 0.717) is 12.2 Å². The van der Waals surface area contributed by atoms with Crippen LogP contribution in [0.15, 0.2) is 24.3 Å². The molecule has 0 aliphatic heterocycles. The fraction of sp³-hybridized carbons (Fsp3) is 0.462. The number of aliphatic hydroxyl groups is 2. The molecule has 0 radical (unpaired) electrons. The van der Waals surface area contributed by atoms with Crippen molar-refractivity contribution in [3.05, 3.63) is 29.8 Å². The first-order chi connectivity index (χ1) is 8.19. The third-order valence-electron chi connectivity index (χ3n) is 2.42. The molecule has 0 amide bonds. The number of unbranched alkanes of at least 4 members (excludes halogenated alkanes) is 1. The Balaban J connectivity index is 2.59. The van der Waals surface area contributed by atoms with E-state index in [1.807, 2.05) is 0 Å². The summed E-state index contributed by atoms with van der Waals surface area (Å²) >= 11 is 0. The van der Waals surface area contributed by atoms with E-state index in [4.69, 9.17) is 10.00 Å². The quantitative estimate of drug-likeness (QED) is 0.582. The van der Waals surface area contributed by atoms with Crippen LogP contribution in [0.4, 0.5) is 0 Å². The van der Waals surface area contributed by atoms with E-state index in [1.165, 1.54) is 0 Å². The lowest BCUT2D eigenvalue weighted by Crippen LogP contribution is -2.15. The van der Waals surface area contributed by atoms with Gasteiger partial charge in [0.2, 0.25) is 0 Å². The maximum absolute atomic E-state index is 9.58. The summed E-state index contributed by atoms with van der Waals surface area (Å²) < 4.78 is 5.46. The summed E-state index contributed by atoms with van der Waals surface area (Å²) in [7, 11) is 0. The largest absolute Gasteiger partial charge is 0.494 e. The van der Waals surface area contributed by atoms with E-state index >= 15 is 0 Å². The smallest absolute Gasteiger partial charge is 0.170 e. The van der Waals surface area contributed by atoms with Gasteiger partial charge in [0.25, 0.3) is 0 Å². The van der Waals surface area contributed by atoms with Gasteiger partial charge in [-0.25, -0.2) is 0 Å². The van der Waals surface area contributed by atoms with Crippen molar-refractivity contribution in [1.82, 2.24) is 0 Å². The standard InChI is InChI=1S/C13H17NO3/c1-2-3-8-17-11-6-4-10(5-7-11)13(16)12(15)9-14/h4-7,12-13,15-16H,2-3,8H2,1H3. The maximum atomic E-state index is 9.58. The van der Waals surface area contributed by atoms with E-state index in [1.54, 1.807) is 30.3 Å². The SMILES string of the molecule is CCCCOc1ccc(C(O)C(O)C#N)cc1. The molecule has 0 aliphatic carbocycles. The number of aliphatic hydroxyl groups excluding tert-OH is 2. The van der Waals surface area contributed by atoms with E-state index in [0.717, 1.165) is 18.6 Å². The lowest BCUT2D eigenvalue weighted by atomic mass is 10.1. The highest BCUT2D eigenvalue weighted by molar-refractivity contribution is 5.29. The van der Waals surface area contributed by atoms with Gasteiger partial charge in [0.1, 0.15) is 11.9 Å². The Morgan fingerprint density at radius 1 is 1.29 bits per heavy atom. The predicted octanol–water partition coefficient (Wildman–Crippen LogP) is 1.78. The molecular formula is C13H17NO3. The first-order valence-electron chi connectivity index (χ1n) is 5.67. The topological polar surface area (TPSA) is 73.5 Å². The van der Waals surface area contributed by atoms with Gasteiger partial charge in [-0.05, 0) is 24.1 Å². The van der Waals surface area contributed by atoms with Crippen molar-refractivity contribution in [2.45, 2.75) is 32.0 Å². The highest BCUT2D eigenvalue weighted by Gasteiger charge is 2.17. The summed E-state index contributed by atoms with van der Waals surface area (Å²) in [4.78, 5) is 0. The molecule has 2 atom stereocenters. The van der Waals surface area contributed by atoms with Crippen LogP contribution in [0.1, 0.15) is 31.4 Å². The number of nitrogens with zero attached hydrogens (tertiary/aromatic N) is 1. The second-order valence-corrected chi connectivity index (χ2v) is 3.79. The van der Waals surface area contributed by atoms with Crippen LogP contribution in [0.3, 0.4) is 0 Å². The van der Waals surface area contributed by atoms with Crippen LogP contribution in [0.2, 0.25) is 0 Å². The summed E-state index contributed by atoms with van der Waals surface area (Å²) in [6.45, 7) is 2.76. The summed E-state index contributed by atoms with van der Waals surface area (Å²) in [5.41, 5.74) is 0.502. The molecule has 0 bridgehead atoms. The lowest BCUT2D eigenvalue weighted by molar-refractivity contribution is 0.0527. The predicted molar refractivity (Wildman–Crippen MR) is 63.4 cm³/mol. The zero-order chi connectivity index (χ0) is 12.7. The number of nitriles is 1. The van der Waals surface area contributed by atoms with Crippen LogP contribution < -0.4 is 4.74 Å². The summed E-state index contributed by atoms with van der Waals surface area (Å²) in [6, 6.07) is 8.33. The third kappa shape index (κ3) is 4.06. The van der Waals surface area contributed by atoms with Crippen molar-refractivity contribution in [3.63, 3.8) is 0 Å². The molecule has 4 heteroatoms. The summed E-state index contributed by atoms with van der Waals surface area (Å²) in [5.74, 6) is 0.723. The minimum Gasteiger partial charge on any atom is -0.494 e. The van der Waals surface area contributed by atoms with E-state index in [-0.39, 0.29) is 0 Å². The number of ether oxygens (including phenoxy) is 1. The van der Waals surface area contributed by atoms with Crippen LogP contribution >= 0.6 is 0 Å². The van der Waals surface area contributed by atoms with Crippen LogP contribution in [-0.4, -0.2) is 22.9 Å². The van der Waals surface area contributed by atoms with Crippen molar-refractivity contribution in [2.75, 3.05) is 6.61 Å². The first-order valence-corrected chi connectivity index (χ1v) is 5.67. The molecule has 0 aliphatic rings. The molecule has 0 aromatic heterocycles. The lowest BCUT2D eigenvalue weighted by Gasteiger charge is -2.12. The van der Waals surface area contributed by atoms with Crippen molar-refractivity contribution in [2.24, 2.45) is 0 Å². The highest BCUT2D eigenvalue weighted by atomic mass is 16.5. The molecule has 0 fully saturated rings. The van der Waals surface area contributed by atoms with E-state index < -0.39 is 12.2 Å². The van der Waals surface area contributed by atoms with Gasteiger partial charge in [-0.15, -0.1) is 0 Å². The Kier molecular flexibility index (Phi) is 5.47. The van der Waals surface area contributed by atoms with Crippen molar-refractivity contribution < 1.29 is 14.9 Å². The van der Waals surface area contributed by atoms with E-state index in [9.17, 15) is 10.2 Å². The Morgan fingerprint density at radius 2 is 1.94 bits per heavy atom. The average molecular weight is 235 g/mol. The van der Waals surface area contributed by atoms with Crippen LogP contribution in [0.5, 0.6) is 5.75 Å². The number of rotatable bonds is 6. The van der Waals surface area contributed by atoms with Gasteiger partial charge in [0, 0.05) is 0 Å². The van der Waals surface area contributed by atoms with Gasteiger partial charge >= 0.3 is 0 Å². The van der Waals surface area contributed by atoms with Crippen molar-refractivity contribution in [1.29, 1.82) is 5.26 Å². The zero-order valence-corrected chi connectivity index (χ0v) is 9.84. The van der Waals surface area contributed by atoms with Crippen LogP contribution in [0, 0.1) is 11.3 Å². The van der Waals surface area contributed by atoms with Crippen molar-refractivity contribution in [3.8, 4) is 11.8 Å². The fourth-order valence-electron chi connectivity index (χ4n) is 1.35. The molecule has 0 heterocycles. The zero-order valence-electron chi connectivity index (χ0n) is 9.84. The monoisotopic (exact) mass is 235 g/mol. The average Bonchev–Trinajstić information content (AvgIpc) is 2.38. The molecule has 1 rings (SSSR count). The van der Waals surface area contributed by atoms with Gasteiger partial charge in [0.15, 0.2) is 6.10 Å². The number of hydrogen-bond donors (Lipinski definition) is 2. The van der Waals surface area contributed by atoms with Gasteiger partial charge in [0.05, 0.1) is 12.7 Å². The molecule has 4 nitrogen and oxygen atoms in total. The summed E-state index contributed by atoms with van der Waals surface area (Å²) in [6.07, 6.45) is -0.505. The first kappa shape index (κ1) is 13.5. The fourth-order valence-corrected chi connectivity index (χ4v) is 1.35. The van der Waals surface area contributed by atoms with Crippen molar-refractivity contribution >= 4 is 0 Å².